The van der Waals surface area contributed by atoms with Gasteiger partial charge >= 0.3 is 10.1 Å². The summed E-state index contributed by atoms with van der Waals surface area (Å²) in [6.45, 7) is 1.88. The van der Waals surface area contributed by atoms with Gasteiger partial charge in [-0.3, -0.25) is 9.59 Å². The summed E-state index contributed by atoms with van der Waals surface area (Å²) in [5.74, 6) is -0.264. The second-order valence-electron chi connectivity index (χ2n) is 8.82. The van der Waals surface area contributed by atoms with E-state index in [9.17, 15) is 18.0 Å². The molecule has 5 rings (SSSR count). The number of allylic oxidation sites excluding steroid dienone is 4. The van der Waals surface area contributed by atoms with Crippen LogP contribution in [0.1, 0.15) is 55.6 Å². The third-order valence-corrected chi connectivity index (χ3v) is 7.76. The number of hydrogen-bond acceptors (Lipinski definition) is 6. The van der Waals surface area contributed by atoms with Crippen LogP contribution in [0.3, 0.4) is 0 Å². The van der Waals surface area contributed by atoms with Crippen molar-refractivity contribution in [1.29, 1.82) is 0 Å². The molecule has 170 valence electrons. The second-order valence-corrected chi connectivity index (χ2v) is 10.4. The van der Waals surface area contributed by atoms with E-state index in [0.29, 0.717) is 29.6 Å². The van der Waals surface area contributed by atoms with E-state index in [1.165, 1.54) is 12.1 Å². The molecule has 7 heteroatoms. The predicted octanol–water partition coefficient (Wildman–Crippen LogP) is 4.46. The van der Waals surface area contributed by atoms with E-state index in [0.717, 1.165) is 42.6 Å². The minimum atomic E-state index is -4.02. The summed E-state index contributed by atoms with van der Waals surface area (Å²) < 4.78 is 31.0. The summed E-state index contributed by atoms with van der Waals surface area (Å²) in [7, 11) is -4.02. The molecular weight excluding hydrogens is 438 g/mol. The van der Waals surface area contributed by atoms with Gasteiger partial charge in [0.05, 0.1) is 0 Å². The smallest absolute Gasteiger partial charge is 0.339 e. The monoisotopic (exact) mass is 463 g/mol. The number of carbonyl (C=O) groups excluding carboxylic acids is 2. The van der Waals surface area contributed by atoms with E-state index in [-0.39, 0.29) is 22.2 Å². The fourth-order valence-corrected chi connectivity index (χ4v) is 5.86. The van der Waals surface area contributed by atoms with Gasteiger partial charge in [-0.05, 0) is 62.4 Å². The van der Waals surface area contributed by atoms with Crippen LogP contribution in [0.5, 0.6) is 5.75 Å². The number of ketones is 2. The molecule has 0 amide bonds. The number of Topliss-reactive ketones (excluding diaryl/α,β-unsaturated/α-hetero) is 2. The summed E-state index contributed by atoms with van der Waals surface area (Å²) in [5.41, 5.74) is 4.69. The summed E-state index contributed by atoms with van der Waals surface area (Å²) in [5, 5.41) is 3.39. The number of hydrogen-bond donors (Lipinski definition) is 1. The number of carbonyl (C=O) groups is 2. The van der Waals surface area contributed by atoms with E-state index in [1.807, 2.05) is 13.0 Å². The van der Waals surface area contributed by atoms with Crippen molar-refractivity contribution in [3.63, 3.8) is 0 Å². The van der Waals surface area contributed by atoms with Gasteiger partial charge in [-0.25, -0.2) is 0 Å². The van der Waals surface area contributed by atoms with Crippen molar-refractivity contribution in [2.45, 2.75) is 56.3 Å². The molecule has 0 unspecified atom stereocenters. The standard InChI is InChI=1S/C26H25NO5S/c1-16-11-13-19(14-12-16)33(30,31)32-18-6-2-5-17(15-18)24-25-20(7-3-9-22(25)28)27-21-8-4-10-23(29)26(21)24/h2,5-6,11-15,24,27H,3-4,7-10H2,1H3. The minimum absolute atomic E-state index is 0.0391. The average Bonchev–Trinajstić information content (AvgIpc) is 2.78. The molecule has 2 aliphatic carbocycles. The molecule has 0 aromatic heterocycles. The summed E-state index contributed by atoms with van der Waals surface area (Å²) >= 11 is 0. The van der Waals surface area contributed by atoms with E-state index >= 15 is 0 Å². The van der Waals surface area contributed by atoms with Gasteiger partial charge in [-0.2, -0.15) is 8.42 Å². The third kappa shape index (κ3) is 4.02. The van der Waals surface area contributed by atoms with E-state index in [1.54, 1.807) is 30.3 Å². The fourth-order valence-electron chi connectivity index (χ4n) is 4.94. The van der Waals surface area contributed by atoms with Gasteiger partial charge in [0.25, 0.3) is 0 Å². The summed E-state index contributed by atoms with van der Waals surface area (Å²) in [4.78, 5) is 26.0. The molecule has 33 heavy (non-hydrogen) atoms. The van der Waals surface area contributed by atoms with Crippen LogP contribution >= 0.6 is 0 Å². The van der Waals surface area contributed by atoms with Crippen LogP contribution in [-0.4, -0.2) is 20.0 Å². The highest BCUT2D eigenvalue weighted by atomic mass is 32.2. The van der Waals surface area contributed by atoms with Crippen LogP contribution in [0.2, 0.25) is 0 Å². The first-order valence-electron chi connectivity index (χ1n) is 11.2. The maximum absolute atomic E-state index is 13.0. The van der Waals surface area contributed by atoms with Crippen LogP contribution in [0.15, 0.2) is 76.0 Å². The molecule has 3 aliphatic rings. The fraction of sp³-hybridized carbons (Fsp3) is 0.308. The number of aryl methyl sites for hydroxylation is 1. The van der Waals surface area contributed by atoms with Crippen molar-refractivity contribution >= 4 is 21.7 Å². The van der Waals surface area contributed by atoms with Crippen LogP contribution in [0.4, 0.5) is 0 Å². The van der Waals surface area contributed by atoms with E-state index in [4.69, 9.17) is 4.18 Å². The Morgan fingerprint density at radius 2 is 1.45 bits per heavy atom. The topological polar surface area (TPSA) is 89.5 Å². The number of rotatable bonds is 4. The van der Waals surface area contributed by atoms with Crippen molar-refractivity contribution in [3.05, 3.63) is 82.2 Å². The Morgan fingerprint density at radius 1 is 0.848 bits per heavy atom. The molecular formula is C26H25NO5S. The van der Waals surface area contributed by atoms with Crippen molar-refractivity contribution in [2.24, 2.45) is 0 Å². The maximum Gasteiger partial charge on any atom is 0.339 e. The van der Waals surface area contributed by atoms with Crippen molar-refractivity contribution in [3.8, 4) is 5.75 Å². The lowest BCUT2D eigenvalue weighted by Crippen LogP contribution is -2.36. The highest BCUT2D eigenvalue weighted by Gasteiger charge is 2.40. The third-order valence-electron chi connectivity index (χ3n) is 6.50. The quantitative estimate of drug-likeness (QED) is 0.673. The number of nitrogens with one attached hydrogen (secondary N) is 1. The molecule has 0 fully saturated rings. The van der Waals surface area contributed by atoms with Gasteiger partial charge in [-0.15, -0.1) is 0 Å². The molecule has 0 spiro atoms. The Kier molecular flexibility index (Phi) is 5.44. The zero-order valence-corrected chi connectivity index (χ0v) is 19.2. The first-order chi connectivity index (χ1) is 15.8. The molecule has 1 heterocycles. The Labute approximate surface area is 193 Å². The summed E-state index contributed by atoms with van der Waals surface area (Å²) in [6, 6.07) is 13.2. The first kappa shape index (κ1) is 21.6. The molecule has 2 aromatic rings. The predicted molar refractivity (Wildman–Crippen MR) is 123 cm³/mol. The molecule has 1 aliphatic heterocycles. The lowest BCUT2D eigenvalue weighted by molar-refractivity contribution is -0.117. The Balaban J connectivity index is 1.56. The average molecular weight is 464 g/mol. The van der Waals surface area contributed by atoms with Gasteiger partial charge < -0.3 is 9.50 Å². The van der Waals surface area contributed by atoms with Gasteiger partial charge in [-0.1, -0.05) is 29.8 Å². The number of dihydropyridines is 1. The lowest BCUT2D eigenvalue weighted by Gasteiger charge is -2.37. The van der Waals surface area contributed by atoms with Gasteiger partial charge in [0.1, 0.15) is 10.6 Å². The van der Waals surface area contributed by atoms with E-state index < -0.39 is 16.0 Å². The summed E-state index contributed by atoms with van der Waals surface area (Å²) in [6.07, 6.45) is 4.00. The molecule has 0 saturated carbocycles. The molecule has 0 radical (unpaired) electrons. The maximum atomic E-state index is 13.0. The molecule has 6 nitrogen and oxygen atoms in total. The Hall–Kier alpha value is -3.19. The van der Waals surface area contributed by atoms with Crippen molar-refractivity contribution < 1.29 is 22.2 Å². The number of benzene rings is 2. The van der Waals surface area contributed by atoms with E-state index in [2.05, 4.69) is 5.32 Å². The van der Waals surface area contributed by atoms with Crippen molar-refractivity contribution in [2.75, 3.05) is 0 Å². The van der Waals surface area contributed by atoms with Gasteiger partial charge in [0.15, 0.2) is 11.6 Å². The molecule has 0 bridgehead atoms. The minimum Gasteiger partial charge on any atom is -0.379 e. The van der Waals surface area contributed by atoms with Crippen LogP contribution < -0.4 is 9.50 Å². The lowest BCUT2D eigenvalue weighted by atomic mass is 9.71. The molecule has 1 N–H and O–H groups in total. The second kappa shape index (κ2) is 8.30. The largest absolute Gasteiger partial charge is 0.379 e. The molecule has 0 atom stereocenters. The highest BCUT2D eigenvalue weighted by molar-refractivity contribution is 7.87. The van der Waals surface area contributed by atoms with Crippen LogP contribution in [-0.2, 0) is 19.7 Å². The van der Waals surface area contributed by atoms with Gasteiger partial charge in [0.2, 0.25) is 0 Å². The SMILES string of the molecule is Cc1ccc(S(=O)(=O)Oc2cccc(C3C4=C(CCCC4=O)NC4=C3C(=O)CCC4)c2)cc1. The van der Waals surface area contributed by atoms with Gasteiger partial charge in [0, 0.05) is 41.3 Å². The normalized spacial score (nSPS) is 19.2. The van der Waals surface area contributed by atoms with Crippen molar-refractivity contribution in [1.82, 2.24) is 5.32 Å². The van der Waals surface area contributed by atoms with Crippen LogP contribution in [0, 0.1) is 6.92 Å². The Bertz CT molecular complexity index is 1280. The molecule has 2 aromatic carbocycles. The Morgan fingerprint density at radius 3 is 2.06 bits per heavy atom. The zero-order chi connectivity index (χ0) is 23.2. The molecule has 0 saturated heterocycles. The highest BCUT2D eigenvalue weighted by Crippen LogP contribution is 2.45. The zero-order valence-electron chi connectivity index (χ0n) is 18.4. The van der Waals surface area contributed by atoms with Crippen LogP contribution in [0.25, 0.3) is 0 Å². The first-order valence-corrected chi connectivity index (χ1v) is 12.6.